The first-order valence-electron chi connectivity index (χ1n) is 3.78. The van der Waals surface area contributed by atoms with Crippen LogP contribution < -0.4 is 0 Å². The van der Waals surface area contributed by atoms with Crippen molar-refractivity contribution in [2.45, 2.75) is 18.9 Å². The van der Waals surface area contributed by atoms with E-state index in [4.69, 9.17) is 20.1 Å². The fraction of sp³-hybridized carbons (Fsp3) is 1.00. The Hall–Kier alpha value is -0.160. The van der Waals surface area contributed by atoms with E-state index in [0.717, 1.165) is 0 Å². The highest BCUT2D eigenvalue weighted by Crippen LogP contribution is 1.95. The molecule has 0 saturated heterocycles. The van der Waals surface area contributed by atoms with Crippen molar-refractivity contribution < 1.29 is 20.1 Å². The van der Waals surface area contributed by atoms with Gasteiger partial charge in [0, 0.05) is 6.61 Å². The maximum Gasteiger partial charge on any atom is 0.0771 e. The van der Waals surface area contributed by atoms with Crippen LogP contribution >= 0.6 is 0 Å². The average molecular weight is 164 g/mol. The van der Waals surface area contributed by atoms with Crippen LogP contribution in [0.5, 0.6) is 0 Å². The number of aliphatic hydroxyl groups is 3. The van der Waals surface area contributed by atoms with Crippen LogP contribution in [0, 0.1) is 0 Å². The molecular formula is C7H16O4. The minimum atomic E-state index is -0.632. The molecule has 0 aliphatic rings. The molecule has 1 atom stereocenters. The van der Waals surface area contributed by atoms with Gasteiger partial charge in [-0.25, -0.2) is 0 Å². The Morgan fingerprint density at radius 2 is 1.91 bits per heavy atom. The number of hydrogen-bond acceptors (Lipinski definition) is 4. The molecule has 0 aromatic rings. The lowest BCUT2D eigenvalue weighted by Gasteiger charge is -2.06. The number of ether oxygens (including phenoxy) is 1. The average Bonchev–Trinajstić information content (AvgIpc) is 2.04. The van der Waals surface area contributed by atoms with Crippen molar-refractivity contribution in [3.05, 3.63) is 0 Å². The highest BCUT2D eigenvalue weighted by Gasteiger charge is 1.99. The first kappa shape index (κ1) is 10.8. The zero-order valence-corrected chi connectivity index (χ0v) is 6.57. The molecular weight excluding hydrogens is 148 g/mol. The molecule has 3 N–H and O–H groups in total. The van der Waals surface area contributed by atoms with E-state index < -0.39 is 6.10 Å². The molecule has 0 amide bonds. The lowest BCUT2D eigenvalue weighted by atomic mass is 10.2. The van der Waals surface area contributed by atoms with E-state index in [9.17, 15) is 0 Å². The summed E-state index contributed by atoms with van der Waals surface area (Å²) in [6.45, 7) is 0.704. The fourth-order valence-electron chi connectivity index (χ4n) is 0.679. The minimum absolute atomic E-state index is 0.0303. The Morgan fingerprint density at radius 3 is 2.45 bits per heavy atom. The molecule has 0 heterocycles. The monoisotopic (exact) mass is 164 g/mol. The van der Waals surface area contributed by atoms with Crippen LogP contribution in [0.3, 0.4) is 0 Å². The van der Waals surface area contributed by atoms with Crippen LogP contribution in [0.15, 0.2) is 0 Å². The molecule has 0 aromatic heterocycles. The second-order valence-corrected chi connectivity index (χ2v) is 2.31. The molecule has 0 bridgehead atoms. The van der Waals surface area contributed by atoms with Gasteiger partial charge in [0.15, 0.2) is 0 Å². The van der Waals surface area contributed by atoms with Crippen LogP contribution in [0.2, 0.25) is 0 Å². The molecule has 0 rings (SSSR count). The Kier molecular flexibility index (Phi) is 7.83. The Bertz CT molecular complexity index is 76.8. The molecule has 0 saturated carbocycles. The van der Waals surface area contributed by atoms with E-state index in [2.05, 4.69) is 0 Å². The van der Waals surface area contributed by atoms with Crippen molar-refractivity contribution >= 4 is 0 Å². The van der Waals surface area contributed by atoms with Crippen LogP contribution in [0.4, 0.5) is 0 Å². The minimum Gasteiger partial charge on any atom is -0.394 e. The van der Waals surface area contributed by atoms with Crippen LogP contribution in [0.1, 0.15) is 12.8 Å². The zero-order valence-electron chi connectivity index (χ0n) is 6.57. The zero-order chi connectivity index (χ0) is 8.53. The molecule has 1 unspecified atom stereocenters. The van der Waals surface area contributed by atoms with Crippen molar-refractivity contribution in [1.82, 2.24) is 0 Å². The van der Waals surface area contributed by atoms with Gasteiger partial charge in [-0.15, -0.1) is 0 Å². The smallest absolute Gasteiger partial charge is 0.0771 e. The summed E-state index contributed by atoms with van der Waals surface area (Å²) in [5, 5.41) is 25.6. The highest BCUT2D eigenvalue weighted by molar-refractivity contribution is 4.51. The molecule has 0 radical (unpaired) electrons. The summed E-state index contributed by atoms with van der Waals surface area (Å²) in [4.78, 5) is 0. The summed E-state index contributed by atoms with van der Waals surface area (Å²) in [5.41, 5.74) is 0. The van der Waals surface area contributed by atoms with Gasteiger partial charge in [-0.1, -0.05) is 0 Å². The maximum atomic E-state index is 8.86. The topological polar surface area (TPSA) is 69.9 Å². The van der Waals surface area contributed by atoms with Gasteiger partial charge in [0.05, 0.1) is 25.9 Å². The molecule has 0 spiro atoms. The second kappa shape index (κ2) is 7.94. The second-order valence-electron chi connectivity index (χ2n) is 2.31. The van der Waals surface area contributed by atoms with Gasteiger partial charge in [0.25, 0.3) is 0 Å². The van der Waals surface area contributed by atoms with Crippen molar-refractivity contribution in [3.63, 3.8) is 0 Å². The molecule has 4 heteroatoms. The summed E-state index contributed by atoms with van der Waals surface area (Å²) in [6, 6.07) is 0. The summed E-state index contributed by atoms with van der Waals surface area (Å²) in [6.07, 6.45) is 0.622. The highest BCUT2D eigenvalue weighted by atomic mass is 16.5. The van der Waals surface area contributed by atoms with Crippen LogP contribution in [0.25, 0.3) is 0 Å². The van der Waals surface area contributed by atoms with E-state index in [-0.39, 0.29) is 13.2 Å². The van der Waals surface area contributed by atoms with Gasteiger partial charge >= 0.3 is 0 Å². The third-order valence-corrected chi connectivity index (χ3v) is 1.27. The van der Waals surface area contributed by atoms with Crippen LogP contribution in [-0.2, 0) is 4.74 Å². The molecule has 0 aromatic carbocycles. The Morgan fingerprint density at radius 1 is 1.18 bits per heavy atom. The lowest BCUT2D eigenvalue weighted by molar-refractivity contribution is 0.0602. The van der Waals surface area contributed by atoms with Gasteiger partial charge < -0.3 is 20.1 Å². The van der Waals surface area contributed by atoms with Crippen molar-refractivity contribution in [3.8, 4) is 0 Å². The fourth-order valence-corrected chi connectivity index (χ4v) is 0.679. The predicted octanol–water partition coefficient (Wildman–Crippen LogP) is -0.871. The van der Waals surface area contributed by atoms with Crippen molar-refractivity contribution in [2.24, 2.45) is 0 Å². The maximum absolute atomic E-state index is 8.86. The van der Waals surface area contributed by atoms with E-state index in [1.807, 2.05) is 0 Å². The van der Waals surface area contributed by atoms with E-state index >= 15 is 0 Å². The van der Waals surface area contributed by atoms with Gasteiger partial charge in [0.1, 0.15) is 0 Å². The SMILES string of the molecule is OCCOCCCC(O)CO. The predicted molar refractivity (Wildman–Crippen MR) is 40.2 cm³/mol. The van der Waals surface area contributed by atoms with Gasteiger partial charge in [-0.05, 0) is 12.8 Å². The van der Waals surface area contributed by atoms with Crippen molar-refractivity contribution in [1.29, 1.82) is 0 Å². The molecule has 11 heavy (non-hydrogen) atoms. The Balaban J connectivity index is 2.89. The van der Waals surface area contributed by atoms with Gasteiger partial charge in [-0.3, -0.25) is 0 Å². The van der Waals surface area contributed by atoms with E-state index in [1.54, 1.807) is 0 Å². The number of rotatable bonds is 7. The summed E-state index contributed by atoms with van der Waals surface area (Å²) >= 11 is 0. The summed E-state index contributed by atoms with van der Waals surface area (Å²) < 4.78 is 4.93. The van der Waals surface area contributed by atoms with Gasteiger partial charge in [0.2, 0.25) is 0 Å². The molecule has 0 aliphatic carbocycles. The molecule has 4 nitrogen and oxygen atoms in total. The Labute approximate surface area is 66.4 Å². The summed E-state index contributed by atoms with van der Waals surface area (Å²) in [7, 11) is 0. The first-order chi connectivity index (χ1) is 5.31. The molecule has 68 valence electrons. The van der Waals surface area contributed by atoms with Crippen molar-refractivity contribution in [2.75, 3.05) is 26.4 Å². The number of hydrogen-bond donors (Lipinski definition) is 3. The molecule has 0 fully saturated rings. The standard InChI is InChI=1S/C7H16O4/c8-3-5-11-4-1-2-7(10)6-9/h7-10H,1-6H2. The van der Waals surface area contributed by atoms with Crippen LogP contribution in [-0.4, -0.2) is 47.9 Å². The molecule has 0 aliphatic heterocycles. The number of aliphatic hydroxyl groups excluding tert-OH is 3. The normalized spacial score (nSPS) is 13.4. The summed E-state index contributed by atoms with van der Waals surface area (Å²) in [5.74, 6) is 0. The third-order valence-electron chi connectivity index (χ3n) is 1.27. The van der Waals surface area contributed by atoms with E-state index in [0.29, 0.717) is 26.1 Å². The lowest BCUT2D eigenvalue weighted by Crippen LogP contribution is -2.12. The largest absolute Gasteiger partial charge is 0.394 e. The van der Waals surface area contributed by atoms with E-state index in [1.165, 1.54) is 0 Å². The quantitative estimate of drug-likeness (QED) is 0.428. The van der Waals surface area contributed by atoms with Gasteiger partial charge in [-0.2, -0.15) is 0 Å². The first-order valence-corrected chi connectivity index (χ1v) is 3.78. The third kappa shape index (κ3) is 7.74.